The number of aromatic nitrogens is 1. The van der Waals surface area contributed by atoms with E-state index in [1.807, 2.05) is 0 Å². The van der Waals surface area contributed by atoms with Crippen molar-refractivity contribution in [3.63, 3.8) is 0 Å². The van der Waals surface area contributed by atoms with E-state index in [4.69, 9.17) is 5.11 Å². The molecule has 5 heteroatoms. The highest BCUT2D eigenvalue weighted by molar-refractivity contribution is 5.94. The van der Waals surface area contributed by atoms with E-state index in [0.29, 0.717) is 17.5 Å². The largest absolute Gasteiger partial charge is 0.478 e. The van der Waals surface area contributed by atoms with Crippen LogP contribution in [-0.2, 0) is 0 Å². The van der Waals surface area contributed by atoms with E-state index in [-0.39, 0.29) is 23.2 Å². The van der Waals surface area contributed by atoms with Gasteiger partial charge in [0.05, 0.1) is 11.3 Å². The summed E-state index contributed by atoms with van der Waals surface area (Å²) in [7, 11) is 0. The van der Waals surface area contributed by atoms with E-state index in [9.17, 15) is 9.59 Å². The minimum atomic E-state index is -1.03. The average molecular weight is 290 g/mol. The van der Waals surface area contributed by atoms with Crippen LogP contribution in [0.5, 0.6) is 0 Å². The van der Waals surface area contributed by atoms with E-state index in [2.05, 4.69) is 24.1 Å². The predicted molar refractivity (Wildman–Crippen MR) is 79.4 cm³/mol. The number of pyridine rings is 1. The highest BCUT2D eigenvalue weighted by atomic mass is 16.4. The molecule has 1 aliphatic carbocycles. The van der Waals surface area contributed by atoms with Gasteiger partial charge in [0.1, 0.15) is 5.69 Å². The fourth-order valence-corrected chi connectivity index (χ4v) is 2.85. The van der Waals surface area contributed by atoms with Crippen molar-refractivity contribution in [3.8, 4) is 0 Å². The monoisotopic (exact) mass is 290 g/mol. The molecule has 1 heterocycles. The number of aryl methyl sites for hydroxylation is 1. The molecule has 5 nitrogen and oxygen atoms in total. The lowest BCUT2D eigenvalue weighted by atomic mass is 9.79. The molecule has 1 fully saturated rings. The Morgan fingerprint density at radius 3 is 2.52 bits per heavy atom. The molecule has 1 aliphatic rings. The quantitative estimate of drug-likeness (QED) is 0.897. The number of carboxylic acids is 1. The van der Waals surface area contributed by atoms with Gasteiger partial charge in [0.2, 0.25) is 0 Å². The molecule has 0 aromatic carbocycles. The van der Waals surface area contributed by atoms with E-state index in [1.54, 1.807) is 6.92 Å². The molecule has 2 N–H and O–H groups in total. The lowest BCUT2D eigenvalue weighted by Crippen LogP contribution is -2.40. The van der Waals surface area contributed by atoms with Crippen molar-refractivity contribution in [2.45, 2.75) is 46.1 Å². The second-order valence-electron chi connectivity index (χ2n) is 6.07. The zero-order valence-corrected chi connectivity index (χ0v) is 12.7. The summed E-state index contributed by atoms with van der Waals surface area (Å²) in [4.78, 5) is 27.3. The van der Waals surface area contributed by atoms with Crippen LogP contribution in [0.1, 0.15) is 59.7 Å². The molecule has 21 heavy (non-hydrogen) atoms. The van der Waals surface area contributed by atoms with Crippen molar-refractivity contribution in [2.24, 2.45) is 11.8 Å². The smallest absolute Gasteiger partial charge is 0.337 e. The first-order valence-corrected chi connectivity index (χ1v) is 7.40. The molecule has 0 radical (unpaired) electrons. The first-order valence-electron chi connectivity index (χ1n) is 7.40. The Labute approximate surface area is 124 Å². The number of carbonyl (C=O) groups is 2. The Kier molecular flexibility index (Phi) is 4.60. The van der Waals surface area contributed by atoms with Crippen molar-refractivity contribution < 1.29 is 14.7 Å². The number of carboxylic acid groups (broad SMARTS) is 1. The van der Waals surface area contributed by atoms with Gasteiger partial charge in [-0.15, -0.1) is 0 Å². The third-order valence-corrected chi connectivity index (χ3v) is 4.48. The molecule has 1 amide bonds. The molecule has 2 rings (SSSR count). The maximum absolute atomic E-state index is 12.2. The molecule has 0 aliphatic heterocycles. The minimum absolute atomic E-state index is 0.131. The molecule has 1 saturated carbocycles. The number of amides is 1. The molecular formula is C16H22N2O3. The van der Waals surface area contributed by atoms with Crippen molar-refractivity contribution >= 4 is 11.9 Å². The van der Waals surface area contributed by atoms with Gasteiger partial charge in [-0.05, 0) is 50.2 Å². The third kappa shape index (κ3) is 3.60. The molecule has 0 bridgehead atoms. The lowest BCUT2D eigenvalue weighted by Gasteiger charge is -2.32. The van der Waals surface area contributed by atoms with Gasteiger partial charge < -0.3 is 10.4 Å². The maximum atomic E-state index is 12.2. The van der Waals surface area contributed by atoms with Crippen LogP contribution in [0.25, 0.3) is 0 Å². The van der Waals surface area contributed by atoms with Crippen LogP contribution in [0.2, 0.25) is 0 Å². The van der Waals surface area contributed by atoms with E-state index in [1.165, 1.54) is 12.1 Å². The van der Waals surface area contributed by atoms with Gasteiger partial charge in [0.15, 0.2) is 0 Å². The molecular weight excluding hydrogens is 268 g/mol. The lowest BCUT2D eigenvalue weighted by molar-refractivity contribution is 0.0694. The van der Waals surface area contributed by atoms with Crippen molar-refractivity contribution in [2.75, 3.05) is 0 Å². The molecule has 3 unspecified atom stereocenters. The SMILES string of the molecule is Cc1nc(C(=O)NC2CCC(C)C(C)C2)ccc1C(=O)O. The topological polar surface area (TPSA) is 79.3 Å². The third-order valence-electron chi connectivity index (χ3n) is 4.48. The predicted octanol–water partition coefficient (Wildman–Crippen LogP) is 2.64. The van der Waals surface area contributed by atoms with Crippen molar-refractivity contribution in [1.29, 1.82) is 0 Å². The van der Waals surface area contributed by atoms with Crippen LogP contribution in [0.3, 0.4) is 0 Å². The Bertz CT molecular complexity index is 556. The molecule has 114 valence electrons. The van der Waals surface area contributed by atoms with Crippen LogP contribution < -0.4 is 5.32 Å². The number of carbonyl (C=O) groups excluding carboxylic acids is 1. The van der Waals surface area contributed by atoms with Crippen LogP contribution in [-0.4, -0.2) is 28.0 Å². The molecule has 3 atom stereocenters. The van der Waals surface area contributed by atoms with Crippen LogP contribution in [0, 0.1) is 18.8 Å². The summed E-state index contributed by atoms with van der Waals surface area (Å²) in [6.45, 7) is 6.07. The molecule has 0 spiro atoms. The Morgan fingerprint density at radius 2 is 1.95 bits per heavy atom. The van der Waals surface area contributed by atoms with E-state index >= 15 is 0 Å². The first kappa shape index (κ1) is 15.5. The summed E-state index contributed by atoms with van der Waals surface area (Å²) >= 11 is 0. The van der Waals surface area contributed by atoms with Crippen LogP contribution in [0.4, 0.5) is 0 Å². The van der Waals surface area contributed by atoms with Crippen LogP contribution in [0.15, 0.2) is 12.1 Å². The van der Waals surface area contributed by atoms with Crippen molar-refractivity contribution in [1.82, 2.24) is 10.3 Å². The molecule has 1 aromatic rings. The van der Waals surface area contributed by atoms with Gasteiger partial charge in [0, 0.05) is 6.04 Å². The summed E-state index contributed by atoms with van der Waals surface area (Å²) in [6.07, 6.45) is 3.10. The highest BCUT2D eigenvalue weighted by Crippen LogP contribution is 2.29. The van der Waals surface area contributed by atoms with Crippen LogP contribution >= 0.6 is 0 Å². The maximum Gasteiger partial charge on any atom is 0.337 e. The fraction of sp³-hybridized carbons (Fsp3) is 0.562. The highest BCUT2D eigenvalue weighted by Gasteiger charge is 2.26. The van der Waals surface area contributed by atoms with E-state index in [0.717, 1.165) is 19.3 Å². The summed E-state index contributed by atoms with van der Waals surface area (Å²) < 4.78 is 0. The second kappa shape index (κ2) is 6.24. The van der Waals surface area contributed by atoms with Gasteiger partial charge >= 0.3 is 5.97 Å². The normalized spacial score (nSPS) is 25.4. The summed E-state index contributed by atoms with van der Waals surface area (Å²) in [5.41, 5.74) is 0.774. The van der Waals surface area contributed by atoms with Gasteiger partial charge in [-0.1, -0.05) is 13.8 Å². The number of hydrogen-bond donors (Lipinski definition) is 2. The summed E-state index contributed by atoms with van der Waals surface area (Å²) in [5, 5.41) is 12.0. The zero-order chi connectivity index (χ0) is 15.6. The Balaban J connectivity index is 2.04. The minimum Gasteiger partial charge on any atom is -0.478 e. The Hall–Kier alpha value is -1.91. The molecule has 0 saturated heterocycles. The molecule has 1 aromatic heterocycles. The van der Waals surface area contributed by atoms with Crippen molar-refractivity contribution in [3.05, 3.63) is 29.1 Å². The van der Waals surface area contributed by atoms with Gasteiger partial charge in [0.25, 0.3) is 5.91 Å². The summed E-state index contributed by atoms with van der Waals surface area (Å²) in [6, 6.07) is 3.09. The first-order chi connectivity index (χ1) is 9.88. The number of rotatable bonds is 3. The summed E-state index contributed by atoms with van der Waals surface area (Å²) in [5.74, 6) is 0.0605. The van der Waals surface area contributed by atoms with Gasteiger partial charge in [-0.2, -0.15) is 0 Å². The second-order valence-corrected chi connectivity index (χ2v) is 6.07. The number of nitrogens with one attached hydrogen (secondary N) is 1. The van der Waals surface area contributed by atoms with E-state index < -0.39 is 5.97 Å². The number of aromatic carboxylic acids is 1. The number of nitrogens with zero attached hydrogens (tertiary/aromatic N) is 1. The number of hydrogen-bond acceptors (Lipinski definition) is 3. The van der Waals surface area contributed by atoms with Gasteiger partial charge in [-0.3, -0.25) is 4.79 Å². The zero-order valence-electron chi connectivity index (χ0n) is 12.7. The average Bonchev–Trinajstić information content (AvgIpc) is 2.42. The standard InChI is InChI=1S/C16H22N2O3/c1-9-4-5-12(8-10(9)2)18-15(19)14-7-6-13(16(20)21)11(3)17-14/h6-7,9-10,12H,4-5,8H2,1-3H3,(H,18,19)(H,20,21). The van der Waals surface area contributed by atoms with Gasteiger partial charge in [-0.25, -0.2) is 9.78 Å². The Morgan fingerprint density at radius 1 is 1.24 bits per heavy atom. The fourth-order valence-electron chi connectivity index (χ4n) is 2.85.